The third-order valence-corrected chi connectivity index (χ3v) is 1.42. The van der Waals surface area contributed by atoms with Crippen LogP contribution in [0.15, 0.2) is 12.2 Å². The Morgan fingerprint density at radius 2 is 2.38 bits per heavy atom. The average Bonchev–Trinajstić information content (AvgIpc) is 1.90. The van der Waals surface area contributed by atoms with Gasteiger partial charge >= 0.3 is 0 Å². The molecule has 0 aromatic heterocycles. The van der Waals surface area contributed by atoms with Gasteiger partial charge in [-0.1, -0.05) is 12.2 Å². The van der Waals surface area contributed by atoms with Crippen LogP contribution in [-0.4, -0.2) is 6.04 Å². The zero-order valence-corrected chi connectivity index (χ0v) is 4.80. The molecule has 1 heteroatoms. The zero-order chi connectivity index (χ0) is 5.82. The molecular formula is C7H9N. The molecule has 0 spiro atoms. The molecule has 1 aliphatic carbocycles. The maximum atomic E-state index is 6.69. The fraction of sp³-hybridized carbons (Fsp3) is 0.571. The van der Waals surface area contributed by atoms with Crippen LogP contribution in [-0.2, 0) is 0 Å². The zero-order valence-electron chi connectivity index (χ0n) is 4.80. The molecule has 1 atom stereocenters. The molecule has 0 saturated heterocycles. The molecule has 1 unspecified atom stereocenters. The van der Waals surface area contributed by atoms with Crippen molar-refractivity contribution in [3.63, 3.8) is 0 Å². The van der Waals surface area contributed by atoms with Crippen molar-refractivity contribution >= 4 is 0 Å². The van der Waals surface area contributed by atoms with Crippen molar-refractivity contribution < 1.29 is 0 Å². The summed E-state index contributed by atoms with van der Waals surface area (Å²) in [5.41, 5.74) is 0. The van der Waals surface area contributed by atoms with E-state index in [4.69, 9.17) is 6.57 Å². The topological polar surface area (TPSA) is 4.36 Å². The van der Waals surface area contributed by atoms with Gasteiger partial charge in [0.05, 0.1) is 0 Å². The van der Waals surface area contributed by atoms with Gasteiger partial charge in [0, 0.05) is 12.8 Å². The fourth-order valence-electron chi connectivity index (χ4n) is 0.895. The minimum absolute atomic E-state index is 0.292. The second-order valence-corrected chi connectivity index (χ2v) is 2.07. The maximum absolute atomic E-state index is 6.69. The Bertz CT molecular complexity index is 130. The molecule has 0 radical (unpaired) electrons. The molecule has 0 heterocycles. The van der Waals surface area contributed by atoms with E-state index in [0.29, 0.717) is 6.04 Å². The van der Waals surface area contributed by atoms with Gasteiger partial charge in [0.1, 0.15) is 0 Å². The Kier molecular flexibility index (Phi) is 1.69. The van der Waals surface area contributed by atoms with Gasteiger partial charge in [0.15, 0.2) is 0 Å². The van der Waals surface area contributed by atoms with E-state index in [1.54, 1.807) is 0 Å². The third-order valence-electron chi connectivity index (χ3n) is 1.42. The van der Waals surface area contributed by atoms with E-state index in [1.165, 1.54) is 0 Å². The van der Waals surface area contributed by atoms with Gasteiger partial charge in [0.2, 0.25) is 6.04 Å². The molecule has 0 aromatic carbocycles. The van der Waals surface area contributed by atoms with Crippen molar-refractivity contribution in [1.82, 2.24) is 0 Å². The van der Waals surface area contributed by atoms with E-state index in [1.807, 2.05) is 0 Å². The minimum Gasteiger partial charge on any atom is -0.313 e. The van der Waals surface area contributed by atoms with Crippen LogP contribution in [0.4, 0.5) is 0 Å². The molecule has 8 heavy (non-hydrogen) atoms. The molecule has 1 nitrogen and oxygen atoms in total. The molecule has 0 amide bonds. The Morgan fingerprint density at radius 1 is 1.50 bits per heavy atom. The van der Waals surface area contributed by atoms with Crippen molar-refractivity contribution in [1.29, 1.82) is 0 Å². The largest absolute Gasteiger partial charge is 0.313 e. The van der Waals surface area contributed by atoms with Gasteiger partial charge in [-0.3, -0.25) is 0 Å². The average molecular weight is 107 g/mol. The summed E-state index contributed by atoms with van der Waals surface area (Å²) in [6.07, 6.45) is 7.41. The monoisotopic (exact) mass is 107 g/mol. The Balaban J connectivity index is 2.41. The van der Waals surface area contributed by atoms with E-state index >= 15 is 0 Å². The molecule has 0 aliphatic heterocycles. The van der Waals surface area contributed by atoms with Crippen LogP contribution in [0.1, 0.15) is 19.3 Å². The van der Waals surface area contributed by atoms with Crippen LogP contribution in [0, 0.1) is 6.57 Å². The summed E-state index contributed by atoms with van der Waals surface area (Å²) >= 11 is 0. The smallest absolute Gasteiger partial charge is 0.227 e. The third kappa shape index (κ3) is 1.10. The SMILES string of the molecule is [C-]#[N+]C1CC=CCC1. The van der Waals surface area contributed by atoms with Crippen molar-refractivity contribution in [2.75, 3.05) is 0 Å². The van der Waals surface area contributed by atoms with Crippen molar-refractivity contribution in [3.8, 4) is 0 Å². The standard InChI is InChI=1S/C7H9N/c1-8-7-5-3-2-4-6-7/h2-3,7H,4-6H2. The van der Waals surface area contributed by atoms with Crippen molar-refractivity contribution in [2.45, 2.75) is 25.3 Å². The second-order valence-electron chi connectivity index (χ2n) is 2.07. The van der Waals surface area contributed by atoms with Crippen LogP contribution in [0.3, 0.4) is 0 Å². The van der Waals surface area contributed by atoms with Gasteiger partial charge in [0.25, 0.3) is 0 Å². The number of allylic oxidation sites excluding steroid dienone is 1. The molecule has 42 valence electrons. The quantitative estimate of drug-likeness (QED) is 0.329. The highest BCUT2D eigenvalue weighted by Gasteiger charge is 2.11. The highest BCUT2D eigenvalue weighted by atomic mass is 14.7. The summed E-state index contributed by atoms with van der Waals surface area (Å²) in [5, 5.41) is 0. The summed E-state index contributed by atoms with van der Waals surface area (Å²) in [7, 11) is 0. The Labute approximate surface area is 49.8 Å². The van der Waals surface area contributed by atoms with Crippen molar-refractivity contribution in [2.24, 2.45) is 0 Å². The van der Waals surface area contributed by atoms with Crippen LogP contribution in [0.5, 0.6) is 0 Å². The molecule has 0 bridgehead atoms. The predicted molar refractivity (Wildman–Crippen MR) is 33.4 cm³/mol. The molecule has 0 N–H and O–H groups in total. The maximum Gasteiger partial charge on any atom is 0.227 e. The summed E-state index contributed by atoms with van der Waals surface area (Å²) < 4.78 is 0. The first-order chi connectivity index (χ1) is 3.93. The van der Waals surface area contributed by atoms with Gasteiger partial charge in [-0.25, -0.2) is 6.57 Å². The first kappa shape index (κ1) is 5.37. The fourth-order valence-corrected chi connectivity index (χ4v) is 0.895. The lowest BCUT2D eigenvalue weighted by Crippen LogP contribution is -2.01. The highest BCUT2D eigenvalue weighted by molar-refractivity contribution is 4.97. The predicted octanol–water partition coefficient (Wildman–Crippen LogP) is 2.01. The summed E-state index contributed by atoms with van der Waals surface area (Å²) in [6.45, 7) is 6.69. The lowest BCUT2D eigenvalue weighted by atomic mass is 10.0. The summed E-state index contributed by atoms with van der Waals surface area (Å²) in [5.74, 6) is 0. The van der Waals surface area contributed by atoms with Crippen LogP contribution >= 0.6 is 0 Å². The van der Waals surface area contributed by atoms with Gasteiger partial charge in [-0.05, 0) is 6.42 Å². The summed E-state index contributed by atoms with van der Waals surface area (Å²) in [6, 6.07) is 0.292. The molecule has 0 saturated carbocycles. The van der Waals surface area contributed by atoms with Crippen molar-refractivity contribution in [3.05, 3.63) is 23.6 Å². The van der Waals surface area contributed by atoms with Gasteiger partial charge in [-0.2, -0.15) is 0 Å². The second kappa shape index (κ2) is 2.52. The molecule has 1 aliphatic rings. The van der Waals surface area contributed by atoms with E-state index in [2.05, 4.69) is 17.0 Å². The van der Waals surface area contributed by atoms with E-state index in [9.17, 15) is 0 Å². The Hall–Kier alpha value is -0.770. The van der Waals surface area contributed by atoms with Crippen LogP contribution < -0.4 is 0 Å². The minimum atomic E-state index is 0.292. The number of rotatable bonds is 0. The first-order valence-corrected chi connectivity index (χ1v) is 2.95. The van der Waals surface area contributed by atoms with E-state index in [0.717, 1.165) is 19.3 Å². The highest BCUT2D eigenvalue weighted by Crippen LogP contribution is 2.13. The van der Waals surface area contributed by atoms with Crippen LogP contribution in [0.2, 0.25) is 0 Å². The lowest BCUT2D eigenvalue weighted by molar-refractivity contribution is 0.680. The number of hydrogen-bond acceptors (Lipinski definition) is 0. The van der Waals surface area contributed by atoms with E-state index < -0.39 is 0 Å². The molecule has 0 aromatic rings. The number of hydrogen-bond donors (Lipinski definition) is 0. The molecule has 1 rings (SSSR count). The van der Waals surface area contributed by atoms with Gasteiger partial charge < -0.3 is 4.85 Å². The van der Waals surface area contributed by atoms with Crippen LogP contribution in [0.25, 0.3) is 4.85 Å². The normalized spacial score (nSPS) is 27.1. The number of nitrogens with zero attached hydrogens (tertiary/aromatic N) is 1. The lowest BCUT2D eigenvalue weighted by Gasteiger charge is -2.03. The Morgan fingerprint density at radius 3 is 2.75 bits per heavy atom. The summed E-state index contributed by atoms with van der Waals surface area (Å²) in [4.78, 5) is 3.45. The first-order valence-electron chi connectivity index (χ1n) is 2.95. The molecule has 0 fully saturated rings. The van der Waals surface area contributed by atoms with E-state index in [-0.39, 0.29) is 0 Å². The van der Waals surface area contributed by atoms with Gasteiger partial charge in [-0.15, -0.1) is 0 Å². The molecular weight excluding hydrogens is 98.1 g/mol.